The van der Waals surface area contributed by atoms with Crippen LogP contribution >= 0.6 is 0 Å². The Bertz CT molecular complexity index is 1070. The van der Waals surface area contributed by atoms with Gasteiger partial charge in [-0.1, -0.05) is 60.7 Å². The van der Waals surface area contributed by atoms with Crippen molar-refractivity contribution in [3.05, 3.63) is 66.4 Å². The second kappa shape index (κ2) is 8.32. The molecule has 3 aromatic rings. The summed E-state index contributed by atoms with van der Waals surface area (Å²) in [5.41, 5.74) is 3.61. The van der Waals surface area contributed by atoms with E-state index in [-0.39, 0.29) is 18.8 Å². The van der Waals surface area contributed by atoms with Gasteiger partial charge in [0.2, 0.25) is 0 Å². The van der Waals surface area contributed by atoms with Gasteiger partial charge in [0.25, 0.3) is 0 Å². The highest BCUT2D eigenvalue weighted by Gasteiger charge is 2.35. The number of carboxylic acid groups (broad SMARTS) is 2. The molecule has 2 atom stereocenters. The molecule has 0 amide bonds. The first kappa shape index (κ1) is 19.6. The number of benzene rings is 2. The summed E-state index contributed by atoms with van der Waals surface area (Å²) in [4.78, 5) is 32.6. The van der Waals surface area contributed by atoms with Crippen LogP contribution in [0.2, 0.25) is 0 Å². The maximum atomic E-state index is 11.5. The maximum Gasteiger partial charge on any atom is 0.304 e. The predicted octanol–water partition coefficient (Wildman–Crippen LogP) is 3.89. The molecule has 7 nitrogen and oxygen atoms in total. The Balaban J connectivity index is 1.89. The van der Waals surface area contributed by atoms with Crippen LogP contribution in [0.15, 0.2) is 60.7 Å². The molecule has 0 radical (unpaired) electrons. The fraction of sp³-hybridized carbons (Fsp3) is 0.217. The third kappa shape index (κ3) is 4.00. The highest BCUT2D eigenvalue weighted by Crippen LogP contribution is 2.40. The third-order valence-electron chi connectivity index (χ3n) is 5.30. The lowest BCUT2D eigenvalue weighted by Crippen LogP contribution is -2.32. The average Bonchev–Trinajstić information content (AvgIpc) is 2.75. The molecule has 0 saturated carbocycles. The monoisotopic (exact) mass is 403 g/mol. The molecule has 0 bridgehead atoms. The van der Waals surface area contributed by atoms with Crippen LogP contribution in [0.5, 0.6) is 0 Å². The van der Waals surface area contributed by atoms with Crippen LogP contribution < -0.4 is 5.32 Å². The van der Waals surface area contributed by atoms with E-state index in [9.17, 15) is 19.8 Å². The summed E-state index contributed by atoms with van der Waals surface area (Å²) in [6.07, 6.45) is -0.326. The Morgan fingerprint density at radius 3 is 1.90 bits per heavy atom. The highest BCUT2D eigenvalue weighted by molar-refractivity contribution is 5.80. The van der Waals surface area contributed by atoms with Crippen molar-refractivity contribution in [2.75, 3.05) is 11.9 Å². The summed E-state index contributed by atoms with van der Waals surface area (Å²) in [6.45, 7) is 0.338. The molecule has 2 aromatic carbocycles. The first-order chi connectivity index (χ1) is 14.5. The minimum atomic E-state index is -0.988. The molecule has 2 unspecified atom stereocenters. The number of carbonyl (C=O) groups is 2. The summed E-state index contributed by atoms with van der Waals surface area (Å²) in [5.74, 6) is -2.35. The van der Waals surface area contributed by atoms with Crippen molar-refractivity contribution in [1.29, 1.82) is 0 Å². The zero-order chi connectivity index (χ0) is 21.1. The summed E-state index contributed by atoms with van der Waals surface area (Å²) in [7, 11) is 0. The van der Waals surface area contributed by atoms with Gasteiger partial charge >= 0.3 is 11.9 Å². The number of nitrogens with one attached hydrogen (secondary N) is 1. The van der Waals surface area contributed by atoms with E-state index >= 15 is 0 Å². The average molecular weight is 403 g/mol. The lowest BCUT2D eigenvalue weighted by Gasteiger charge is -2.32. The van der Waals surface area contributed by atoms with Crippen LogP contribution in [0.3, 0.4) is 0 Å². The number of nitrogens with zero attached hydrogens (tertiary/aromatic N) is 2. The molecule has 1 aromatic heterocycles. The van der Waals surface area contributed by atoms with Crippen molar-refractivity contribution in [2.24, 2.45) is 5.92 Å². The molecule has 152 valence electrons. The number of hydrogen-bond acceptors (Lipinski definition) is 5. The lowest BCUT2D eigenvalue weighted by atomic mass is 9.81. The van der Waals surface area contributed by atoms with E-state index < -0.39 is 17.9 Å². The fourth-order valence-electron chi connectivity index (χ4n) is 3.92. The summed E-state index contributed by atoms with van der Waals surface area (Å²) >= 11 is 0. The van der Waals surface area contributed by atoms with Crippen molar-refractivity contribution in [3.63, 3.8) is 0 Å². The number of aliphatic carboxylic acids is 2. The summed E-state index contributed by atoms with van der Waals surface area (Å²) < 4.78 is 0. The van der Waals surface area contributed by atoms with E-state index in [4.69, 9.17) is 9.97 Å². The van der Waals surface area contributed by atoms with Gasteiger partial charge < -0.3 is 15.5 Å². The molecule has 7 heteroatoms. The van der Waals surface area contributed by atoms with Crippen molar-refractivity contribution < 1.29 is 19.8 Å². The number of carboxylic acids is 2. The molecule has 1 aliphatic heterocycles. The first-order valence-electron chi connectivity index (χ1n) is 9.73. The molecule has 0 saturated heterocycles. The molecular formula is C23H21N3O4. The second-order valence-electron chi connectivity index (χ2n) is 7.33. The highest BCUT2D eigenvalue weighted by atomic mass is 16.4. The smallest absolute Gasteiger partial charge is 0.304 e. The molecule has 0 aliphatic carbocycles. The Kier molecular flexibility index (Phi) is 5.43. The van der Waals surface area contributed by atoms with Gasteiger partial charge in [0.1, 0.15) is 5.82 Å². The predicted molar refractivity (Wildman–Crippen MR) is 112 cm³/mol. The zero-order valence-corrected chi connectivity index (χ0v) is 16.2. The number of hydrogen-bond donors (Lipinski definition) is 3. The van der Waals surface area contributed by atoms with Gasteiger partial charge in [-0.05, 0) is 5.92 Å². The van der Waals surface area contributed by atoms with Gasteiger partial charge in [0.05, 0.1) is 29.9 Å². The van der Waals surface area contributed by atoms with Gasteiger partial charge in [-0.25, -0.2) is 9.97 Å². The van der Waals surface area contributed by atoms with Crippen molar-refractivity contribution >= 4 is 17.8 Å². The lowest BCUT2D eigenvalue weighted by molar-refractivity contribution is -0.140. The largest absolute Gasteiger partial charge is 0.481 e. The minimum Gasteiger partial charge on any atom is -0.481 e. The zero-order valence-electron chi connectivity index (χ0n) is 16.2. The van der Waals surface area contributed by atoms with E-state index in [0.717, 1.165) is 11.1 Å². The van der Waals surface area contributed by atoms with E-state index in [1.54, 1.807) is 0 Å². The molecule has 0 spiro atoms. The van der Waals surface area contributed by atoms with Gasteiger partial charge in [0, 0.05) is 23.6 Å². The molecule has 30 heavy (non-hydrogen) atoms. The molecule has 2 heterocycles. The van der Waals surface area contributed by atoms with Crippen molar-refractivity contribution in [1.82, 2.24) is 9.97 Å². The van der Waals surface area contributed by atoms with Crippen molar-refractivity contribution in [3.8, 4) is 22.5 Å². The molecule has 1 aliphatic rings. The van der Waals surface area contributed by atoms with E-state index in [1.807, 2.05) is 60.7 Å². The minimum absolute atomic E-state index is 0.132. The number of fused-ring (bicyclic) bond motifs is 1. The quantitative estimate of drug-likeness (QED) is 0.572. The van der Waals surface area contributed by atoms with Gasteiger partial charge in [-0.2, -0.15) is 0 Å². The Labute approximate surface area is 173 Å². The van der Waals surface area contributed by atoms with Crippen LogP contribution in [-0.2, 0) is 9.59 Å². The van der Waals surface area contributed by atoms with Crippen molar-refractivity contribution in [2.45, 2.75) is 18.8 Å². The second-order valence-corrected chi connectivity index (χ2v) is 7.33. The van der Waals surface area contributed by atoms with E-state index in [0.29, 0.717) is 29.4 Å². The molecule has 3 N–H and O–H groups in total. The normalized spacial score (nSPS) is 17.6. The Hall–Kier alpha value is -3.74. The Morgan fingerprint density at radius 2 is 1.37 bits per heavy atom. The van der Waals surface area contributed by atoms with Gasteiger partial charge in [-0.15, -0.1) is 0 Å². The standard InChI is InChI=1S/C23H21N3O4/c27-18(28)11-16-13-24-23-22(17(16)12-19(29)30)25-20(14-7-3-1-4-8-14)21(26-23)15-9-5-2-6-10-15/h1-10,16-17H,11-13H2,(H,24,26)(H,27,28)(H,29,30). The Morgan fingerprint density at radius 1 is 0.833 bits per heavy atom. The van der Waals surface area contributed by atoms with Gasteiger partial charge in [0.15, 0.2) is 0 Å². The summed E-state index contributed by atoms with van der Waals surface area (Å²) in [5, 5.41) is 21.9. The van der Waals surface area contributed by atoms with Crippen LogP contribution in [0.1, 0.15) is 24.5 Å². The van der Waals surface area contributed by atoms with E-state index in [1.165, 1.54) is 0 Å². The molecule has 4 rings (SSSR count). The summed E-state index contributed by atoms with van der Waals surface area (Å²) in [6, 6.07) is 19.3. The van der Waals surface area contributed by atoms with Gasteiger partial charge in [-0.3, -0.25) is 9.59 Å². The molecular weight excluding hydrogens is 382 g/mol. The topological polar surface area (TPSA) is 112 Å². The van der Waals surface area contributed by atoms with Crippen LogP contribution in [0.4, 0.5) is 5.82 Å². The van der Waals surface area contributed by atoms with Crippen LogP contribution in [0, 0.1) is 5.92 Å². The number of aromatic nitrogens is 2. The molecule has 0 fully saturated rings. The number of rotatable bonds is 6. The SMILES string of the molecule is O=C(O)CC1CNc2nc(-c3ccccc3)c(-c3ccccc3)nc2C1CC(=O)O. The fourth-order valence-corrected chi connectivity index (χ4v) is 3.92. The number of anilines is 1. The van der Waals surface area contributed by atoms with Crippen LogP contribution in [-0.4, -0.2) is 38.7 Å². The van der Waals surface area contributed by atoms with E-state index in [2.05, 4.69) is 5.32 Å². The van der Waals surface area contributed by atoms with Crippen LogP contribution in [0.25, 0.3) is 22.5 Å². The first-order valence-corrected chi connectivity index (χ1v) is 9.73. The third-order valence-corrected chi connectivity index (χ3v) is 5.30. The maximum absolute atomic E-state index is 11.5.